The lowest BCUT2D eigenvalue weighted by Crippen LogP contribution is -2.62. The molecule has 3 nitrogen and oxygen atoms in total. The fraction of sp³-hybridized carbons (Fsp3) is 0.435. The summed E-state index contributed by atoms with van der Waals surface area (Å²) in [5, 5.41) is 0. The molecular weight excluding hydrogens is 1160 g/mol. The van der Waals surface area contributed by atoms with Gasteiger partial charge in [0.2, 0.25) is 0 Å². The van der Waals surface area contributed by atoms with Crippen molar-refractivity contribution in [2.24, 2.45) is 11.8 Å². The molecule has 0 amide bonds. The summed E-state index contributed by atoms with van der Waals surface area (Å²) in [6.45, 7) is 59.0. The maximum atomic E-state index is 2.83. The highest BCUT2D eigenvalue weighted by molar-refractivity contribution is 7.00. The first kappa shape index (κ1) is 64.7. The third kappa shape index (κ3) is 9.37. The van der Waals surface area contributed by atoms with Gasteiger partial charge in [0.1, 0.15) is 0 Å². The molecule has 2 unspecified atom stereocenters. The zero-order valence-electron chi connectivity index (χ0n) is 62.9. The number of anilines is 9. The molecule has 2 heterocycles. The smallest absolute Gasteiger partial charge is 0.252 e. The number of hydrogen-bond acceptors (Lipinski definition) is 3. The zero-order chi connectivity index (χ0) is 68.7. The molecule has 4 heteroatoms. The Bertz CT molecular complexity index is 4590. The summed E-state index contributed by atoms with van der Waals surface area (Å²) < 4.78 is 0. The summed E-state index contributed by atoms with van der Waals surface area (Å²) in [5.41, 5.74) is 34.2. The van der Waals surface area contributed by atoms with Crippen LogP contribution in [0.4, 0.5) is 51.2 Å². The van der Waals surface area contributed by atoms with Gasteiger partial charge in [-0.1, -0.05) is 249 Å². The molecule has 8 aromatic carbocycles. The second kappa shape index (κ2) is 20.6. The van der Waals surface area contributed by atoms with Crippen LogP contribution in [0.1, 0.15) is 256 Å². The highest BCUT2D eigenvalue weighted by atomic mass is 15.2. The Morgan fingerprint density at radius 1 is 0.354 bits per heavy atom. The summed E-state index contributed by atoms with van der Waals surface area (Å²) in [5.74, 6) is 0.687. The van der Waals surface area contributed by atoms with Crippen molar-refractivity contribution in [2.45, 2.75) is 246 Å². The highest BCUT2D eigenvalue weighted by Crippen LogP contribution is 2.60. The first-order valence-electron chi connectivity index (χ1n) is 36.6. The number of allylic oxidation sites excluding steroid dienone is 4. The fourth-order valence-electron chi connectivity index (χ4n) is 19.6. The van der Waals surface area contributed by atoms with Gasteiger partial charge in [-0.15, -0.1) is 0 Å². The molecule has 2 aliphatic heterocycles. The Labute approximate surface area is 579 Å². The number of benzene rings is 8. The summed E-state index contributed by atoms with van der Waals surface area (Å²) >= 11 is 0. The molecule has 96 heavy (non-hydrogen) atoms. The van der Waals surface area contributed by atoms with Gasteiger partial charge in [-0.25, -0.2) is 0 Å². The lowest BCUT2D eigenvalue weighted by atomic mass is 9.32. The van der Waals surface area contributed by atoms with E-state index in [1.807, 2.05) is 0 Å². The second-order valence-corrected chi connectivity index (χ2v) is 37.8. The van der Waals surface area contributed by atoms with Gasteiger partial charge >= 0.3 is 0 Å². The quantitative estimate of drug-likeness (QED) is 0.159. The fourth-order valence-corrected chi connectivity index (χ4v) is 19.6. The highest BCUT2D eigenvalue weighted by Gasteiger charge is 2.54. The summed E-state index contributed by atoms with van der Waals surface area (Å²) in [7, 11) is 0. The Kier molecular flexibility index (Phi) is 13.9. The lowest BCUT2D eigenvalue weighted by Gasteiger charge is -2.54. The van der Waals surface area contributed by atoms with Gasteiger partial charge in [0.25, 0.3) is 6.71 Å². The Balaban J connectivity index is 1.13. The maximum Gasteiger partial charge on any atom is 0.252 e. The van der Waals surface area contributed by atoms with Crippen LogP contribution in [0.5, 0.6) is 0 Å². The predicted molar refractivity (Wildman–Crippen MR) is 415 cm³/mol. The zero-order valence-corrected chi connectivity index (χ0v) is 62.9. The van der Waals surface area contributed by atoms with Crippen molar-refractivity contribution in [3.05, 3.63) is 236 Å². The topological polar surface area (TPSA) is 9.72 Å². The Morgan fingerprint density at radius 2 is 0.688 bits per heavy atom. The monoisotopic (exact) mass is 1270 g/mol. The summed E-state index contributed by atoms with van der Waals surface area (Å²) in [4.78, 5) is 8.24. The molecule has 0 bridgehead atoms. The van der Waals surface area contributed by atoms with E-state index in [0.717, 1.165) is 42.7 Å². The van der Waals surface area contributed by atoms with Crippen LogP contribution in [-0.2, 0) is 54.1 Å². The molecule has 0 saturated carbocycles. The van der Waals surface area contributed by atoms with Gasteiger partial charge in [-0.05, 0) is 250 Å². The van der Waals surface area contributed by atoms with Gasteiger partial charge in [-0.2, -0.15) is 0 Å². The third-order valence-electron chi connectivity index (χ3n) is 26.2. The van der Waals surface area contributed by atoms with Gasteiger partial charge < -0.3 is 14.7 Å². The van der Waals surface area contributed by atoms with Crippen molar-refractivity contribution in [1.82, 2.24) is 0 Å². The molecule has 2 atom stereocenters. The lowest BCUT2D eigenvalue weighted by molar-refractivity contribution is 0.190. The number of fused-ring (bicyclic) bond motifs is 10. The van der Waals surface area contributed by atoms with Crippen molar-refractivity contribution in [2.75, 3.05) is 14.7 Å². The van der Waals surface area contributed by atoms with Crippen LogP contribution in [0.2, 0.25) is 0 Å². The van der Waals surface area contributed by atoms with E-state index in [9.17, 15) is 0 Å². The molecule has 0 spiro atoms. The third-order valence-corrected chi connectivity index (χ3v) is 26.2. The summed E-state index contributed by atoms with van der Waals surface area (Å²) in [6, 6.07) is 55.3. The minimum Gasteiger partial charge on any atom is -0.311 e. The Hall–Kier alpha value is -7.30. The number of hydrogen-bond donors (Lipinski definition) is 0. The first-order chi connectivity index (χ1) is 44.7. The van der Waals surface area contributed by atoms with E-state index in [0.29, 0.717) is 11.8 Å². The van der Waals surface area contributed by atoms with Crippen molar-refractivity contribution in [3.8, 4) is 0 Å². The van der Waals surface area contributed by atoms with E-state index < -0.39 is 0 Å². The molecule has 0 N–H and O–H groups in total. The van der Waals surface area contributed by atoms with Crippen molar-refractivity contribution in [3.63, 3.8) is 0 Å². The number of rotatable bonds is 5. The SMILES string of the molecule is Cc1cc2c(cc1N1c3cc4c(cc3B3c5cc6c(cc5N(c5cc7c(cc5C)C(C)(C)c5ccccc5C7(C)C)c5cc(N(c7ccc(C(C)(C)C)cc7)c7ccc(C(C)(C)C)cc7)cc1c53)C(C)(C)CCC6(C)C)C(C)(C)C1C=CC=CC1C4(C)C)C(C)(C)CCC2(C)C. The number of nitrogens with zero attached hydrogens (tertiary/aromatic N) is 3. The molecule has 8 aromatic rings. The van der Waals surface area contributed by atoms with E-state index in [4.69, 9.17) is 0 Å². The summed E-state index contributed by atoms with van der Waals surface area (Å²) in [6.07, 6.45) is 14.3. The average molecular weight is 1270 g/mol. The van der Waals surface area contributed by atoms with Crippen molar-refractivity contribution in [1.29, 1.82) is 0 Å². The standard InChI is InChI=1S/C92H108BN3/c1-55-45-66-68(87(13,14)43-41-85(66,9)10)51-76(55)95-79-54-73-71(90(19,20)63-30-26-28-32-65(63)92(73,23)24)50-75(79)93-74-49-67-69(88(15,16)44-42-86(67,11)12)52-78(74)96(77-53-72-70(46-56(77)2)89(17,18)62-29-25-27-31-64(62)91(72,21)22)81-48-61(47-80(95)82(81)93)94(59-37-33-57(34-38-59)83(3,4)5)60-39-35-58(36-40-60)84(6,7)8/h25-40,45-54,63,65H,41-44H2,1-24H3. The van der Waals surface area contributed by atoms with E-state index in [1.165, 1.54) is 128 Å². The number of aryl methyl sites for hydroxylation is 2. The normalized spacial score (nSPS) is 21.7. The van der Waals surface area contributed by atoms with Crippen LogP contribution in [-0.4, -0.2) is 6.71 Å². The van der Waals surface area contributed by atoms with Crippen LogP contribution in [0.25, 0.3) is 0 Å². The van der Waals surface area contributed by atoms with Crippen LogP contribution in [0, 0.1) is 25.7 Å². The molecule has 0 aromatic heterocycles. The van der Waals surface area contributed by atoms with Crippen molar-refractivity contribution >= 4 is 74.3 Å². The molecule has 15 rings (SSSR count). The van der Waals surface area contributed by atoms with Gasteiger partial charge in [0.05, 0.1) is 5.69 Å². The van der Waals surface area contributed by atoms with E-state index in [2.05, 4.69) is 339 Å². The Morgan fingerprint density at radius 3 is 1.10 bits per heavy atom. The molecular formula is C92H108BN3. The minimum absolute atomic E-state index is 0.0174. The van der Waals surface area contributed by atoms with Crippen LogP contribution in [0.3, 0.4) is 0 Å². The van der Waals surface area contributed by atoms with Gasteiger partial charge in [-0.3, -0.25) is 0 Å². The second-order valence-electron chi connectivity index (χ2n) is 37.8. The molecule has 5 aliphatic carbocycles. The van der Waals surface area contributed by atoms with Crippen LogP contribution >= 0.6 is 0 Å². The molecule has 0 radical (unpaired) electrons. The minimum atomic E-state index is -0.270. The first-order valence-corrected chi connectivity index (χ1v) is 36.6. The molecule has 7 aliphatic rings. The average Bonchev–Trinajstić information content (AvgIpc) is 0.679. The maximum absolute atomic E-state index is 2.83. The van der Waals surface area contributed by atoms with Crippen LogP contribution < -0.4 is 31.1 Å². The predicted octanol–water partition coefficient (Wildman–Crippen LogP) is 23.0. The van der Waals surface area contributed by atoms with Crippen LogP contribution in [0.15, 0.2) is 158 Å². The molecule has 0 fully saturated rings. The van der Waals surface area contributed by atoms with Gasteiger partial charge in [0.15, 0.2) is 0 Å². The van der Waals surface area contributed by atoms with E-state index >= 15 is 0 Å². The van der Waals surface area contributed by atoms with Gasteiger partial charge in [0, 0.05) is 56.3 Å². The van der Waals surface area contributed by atoms with E-state index in [1.54, 1.807) is 0 Å². The van der Waals surface area contributed by atoms with Crippen molar-refractivity contribution < 1.29 is 0 Å². The van der Waals surface area contributed by atoms with E-state index in [-0.39, 0.29) is 60.9 Å². The molecule has 0 saturated heterocycles. The molecule has 494 valence electrons. The largest absolute Gasteiger partial charge is 0.311 e.